The van der Waals surface area contributed by atoms with E-state index in [1.54, 1.807) is 13.2 Å². The third kappa shape index (κ3) is 1.72. The molecule has 3 heteroatoms. The molecule has 0 aromatic rings. The zero-order valence-electron chi connectivity index (χ0n) is 9.19. The number of aliphatic hydroxyl groups is 1. The summed E-state index contributed by atoms with van der Waals surface area (Å²) in [6, 6.07) is 0. The summed E-state index contributed by atoms with van der Waals surface area (Å²) in [5.74, 6) is 0.0791. The molecule has 1 aliphatic rings. The maximum atomic E-state index is 10.4. The van der Waals surface area contributed by atoms with Crippen LogP contribution in [-0.2, 0) is 9.47 Å². The van der Waals surface area contributed by atoms with Gasteiger partial charge in [-0.1, -0.05) is 19.9 Å². The summed E-state index contributed by atoms with van der Waals surface area (Å²) in [5.41, 5.74) is -0.919. The molecule has 0 bridgehead atoms. The lowest BCUT2D eigenvalue weighted by atomic mass is 9.83. The van der Waals surface area contributed by atoms with Gasteiger partial charge in [0.05, 0.1) is 6.10 Å². The van der Waals surface area contributed by atoms with Crippen LogP contribution in [0.5, 0.6) is 0 Å². The first kappa shape index (κ1) is 11.7. The molecule has 0 spiro atoms. The molecule has 1 rings (SSSR count). The fourth-order valence-electron chi connectivity index (χ4n) is 2.15. The number of rotatable bonds is 4. The quantitative estimate of drug-likeness (QED) is 0.702. The standard InChI is InChI=1S/C11H20O3/c1-5-7-11(12)8(3)9(6-2)14-10(11)13-4/h5,8-10,12H,1,6-7H2,2-4H3/t8-,9-,10?,11-/m1/s1. The molecule has 0 radical (unpaired) electrons. The highest BCUT2D eigenvalue weighted by Crippen LogP contribution is 2.40. The van der Waals surface area contributed by atoms with Gasteiger partial charge in [0.15, 0.2) is 6.29 Å². The summed E-state index contributed by atoms with van der Waals surface area (Å²) in [6.45, 7) is 7.70. The lowest BCUT2D eigenvalue weighted by Gasteiger charge is -2.29. The smallest absolute Gasteiger partial charge is 0.186 e. The van der Waals surface area contributed by atoms with Crippen LogP contribution >= 0.6 is 0 Å². The van der Waals surface area contributed by atoms with Crippen LogP contribution in [-0.4, -0.2) is 30.2 Å². The van der Waals surface area contributed by atoms with Gasteiger partial charge in [-0.3, -0.25) is 0 Å². The Morgan fingerprint density at radius 3 is 2.71 bits per heavy atom. The van der Waals surface area contributed by atoms with E-state index in [1.165, 1.54) is 0 Å². The van der Waals surface area contributed by atoms with Crippen LogP contribution in [0.1, 0.15) is 26.7 Å². The molecular formula is C11H20O3. The molecule has 1 aliphatic heterocycles. The zero-order chi connectivity index (χ0) is 10.8. The Hall–Kier alpha value is -0.380. The Morgan fingerprint density at radius 2 is 2.29 bits per heavy atom. The van der Waals surface area contributed by atoms with Gasteiger partial charge < -0.3 is 14.6 Å². The van der Waals surface area contributed by atoms with Crippen LogP contribution < -0.4 is 0 Å². The Morgan fingerprint density at radius 1 is 1.64 bits per heavy atom. The van der Waals surface area contributed by atoms with E-state index in [1.807, 2.05) is 13.8 Å². The average Bonchev–Trinajstić information content (AvgIpc) is 2.41. The molecule has 82 valence electrons. The molecule has 0 saturated carbocycles. The van der Waals surface area contributed by atoms with Gasteiger partial charge in [0.2, 0.25) is 0 Å². The summed E-state index contributed by atoms with van der Waals surface area (Å²) in [4.78, 5) is 0. The predicted octanol–water partition coefficient (Wildman–Crippen LogP) is 1.71. The van der Waals surface area contributed by atoms with Crippen LogP contribution in [0.4, 0.5) is 0 Å². The molecule has 14 heavy (non-hydrogen) atoms. The Bertz CT molecular complexity index is 201. The largest absolute Gasteiger partial charge is 0.384 e. The first-order chi connectivity index (χ1) is 6.60. The summed E-state index contributed by atoms with van der Waals surface area (Å²) in [5, 5.41) is 10.4. The predicted molar refractivity (Wildman–Crippen MR) is 54.9 cm³/mol. The lowest BCUT2D eigenvalue weighted by molar-refractivity contribution is -0.187. The molecule has 1 fully saturated rings. The molecule has 1 saturated heterocycles. The van der Waals surface area contributed by atoms with Gasteiger partial charge in [0.1, 0.15) is 5.60 Å². The minimum atomic E-state index is -0.919. The van der Waals surface area contributed by atoms with Gasteiger partial charge >= 0.3 is 0 Å². The van der Waals surface area contributed by atoms with Crippen molar-refractivity contribution in [1.82, 2.24) is 0 Å². The van der Waals surface area contributed by atoms with Crippen molar-refractivity contribution < 1.29 is 14.6 Å². The summed E-state index contributed by atoms with van der Waals surface area (Å²) in [6.07, 6.45) is 2.65. The second-order valence-corrected chi connectivity index (χ2v) is 3.92. The third-order valence-electron chi connectivity index (χ3n) is 3.14. The highest BCUT2D eigenvalue weighted by atomic mass is 16.7. The maximum absolute atomic E-state index is 10.4. The van der Waals surface area contributed by atoms with Crippen molar-refractivity contribution in [2.45, 2.75) is 44.7 Å². The molecule has 4 atom stereocenters. The molecule has 0 aromatic carbocycles. The van der Waals surface area contributed by atoms with Crippen LogP contribution in [0.25, 0.3) is 0 Å². The van der Waals surface area contributed by atoms with E-state index in [0.717, 1.165) is 6.42 Å². The van der Waals surface area contributed by atoms with Gasteiger partial charge in [-0.25, -0.2) is 0 Å². The molecule has 0 aliphatic carbocycles. The van der Waals surface area contributed by atoms with Crippen molar-refractivity contribution in [2.75, 3.05) is 7.11 Å². The molecule has 3 nitrogen and oxygen atoms in total. The number of hydrogen-bond donors (Lipinski definition) is 1. The lowest BCUT2D eigenvalue weighted by Crippen LogP contribution is -2.43. The topological polar surface area (TPSA) is 38.7 Å². The maximum Gasteiger partial charge on any atom is 0.186 e. The van der Waals surface area contributed by atoms with Crippen molar-refractivity contribution in [3.05, 3.63) is 12.7 Å². The first-order valence-electron chi connectivity index (χ1n) is 5.11. The molecule has 0 aromatic heterocycles. The zero-order valence-corrected chi connectivity index (χ0v) is 9.19. The van der Waals surface area contributed by atoms with Gasteiger partial charge in [-0.15, -0.1) is 6.58 Å². The fraction of sp³-hybridized carbons (Fsp3) is 0.818. The van der Waals surface area contributed by atoms with E-state index in [4.69, 9.17) is 9.47 Å². The molecule has 0 amide bonds. The van der Waals surface area contributed by atoms with E-state index >= 15 is 0 Å². The van der Waals surface area contributed by atoms with Crippen LogP contribution in [0, 0.1) is 5.92 Å². The van der Waals surface area contributed by atoms with Gasteiger partial charge in [0, 0.05) is 13.0 Å². The number of ether oxygens (including phenoxy) is 2. The van der Waals surface area contributed by atoms with Gasteiger partial charge in [-0.05, 0) is 12.8 Å². The van der Waals surface area contributed by atoms with Gasteiger partial charge in [-0.2, -0.15) is 0 Å². The first-order valence-corrected chi connectivity index (χ1v) is 5.11. The summed E-state index contributed by atoms with van der Waals surface area (Å²) in [7, 11) is 1.56. The summed E-state index contributed by atoms with van der Waals surface area (Å²) < 4.78 is 10.8. The Kier molecular flexibility index (Phi) is 3.70. The van der Waals surface area contributed by atoms with E-state index in [9.17, 15) is 5.11 Å². The summed E-state index contributed by atoms with van der Waals surface area (Å²) >= 11 is 0. The van der Waals surface area contributed by atoms with Gasteiger partial charge in [0.25, 0.3) is 0 Å². The number of hydrogen-bond acceptors (Lipinski definition) is 3. The Labute approximate surface area is 85.7 Å². The third-order valence-corrected chi connectivity index (χ3v) is 3.14. The normalized spacial score (nSPS) is 42.7. The van der Waals surface area contributed by atoms with Crippen molar-refractivity contribution in [3.63, 3.8) is 0 Å². The second kappa shape index (κ2) is 4.43. The van der Waals surface area contributed by atoms with Crippen LogP contribution in [0.3, 0.4) is 0 Å². The highest BCUT2D eigenvalue weighted by molar-refractivity contribution is 5.00. The van der Waals surface area contributed by atoms with E-state index in [-0.39, 0.29) is 12.0 Å². The SMILES string of the molecule is C=CC[C@]1(O)C(OC)O[C@H](CC)[C@H]1C. The van der Waals surface area contributed by atoms with Crippen molar-refractivity contribution in [2.24, 2.45) is 5.92 Å². The minimum Gasteiger partial charge on any atom is -0.384 e. The van der Waals surface area contributed by atoms with Crippen molar-refractivity contribution >= 4 is 0 Å². The molecule has 1 N–H and O–H groups in total. The monoisotopic (exact) mass is 200 g/mol. The molecular weight excluding hydrogens is 180 g/mol. The highest BCUT2D eigenvalue weighted by Gasteiger charge is 2.52. The van der Waals surface area contributed by atoms with E-state index in [0.29, 0.717) is 6.42 Å². The minimum absolute atomic E-state index is 0.0740. The average molecular weight is 200 g/mol. The van der Waals surface area contributed by atoms with E-state index < -0.39 is 11.9 Å². The van der Waals surface area contributed by atoms with E-state index in [2.05, 4.69) is 6.58 Å². The molecule has 1 unspecified atom stereocenters. The number of methoxy groups -OCH3 is 1. The second-order valence-electron chi connectivity index (χ2n) is 3.92. The Balaban J connectivity index is 2.83. The molecule has 1 heterocycles. The van der Waals surface area contributed by atoms with Crippen molar-refractivity contribution in [3.8, 4) is 0 Å². The van der Waals surface area contributed by atoms with Crippen molar-refractivity contribution in [1.29, 1.82) is 0 Å². The van der Waals surface area contributed by atoms with Crippen LogP contribution in [0.15, 0.2) is 12.7 Å². The fourth-order valence-corrected chi connectivity index (χ4v) is 2.15. The van der Waals surface area contributed by atoms with Crippen LogP contribution in [0.2, 0.25) is 0 Å².